The highest BCUT2D eigenvalue weighted by atomic mass is 16.6. The average Bonchev–Trinajstić information content (AvgIpc) is 3.18. The van der Waals surface area contributed by atoms with Crippen molar-refractivity contribution < 1.29 is 23.6 Å². The van der Waals surface area contributed by atoms with Crippen molar-refractivity contribution in [3.05, 3.63) is 12.1 Å². The number of fused-ring (bicyclic) bond motifs is 1. The van der Waals surface area contributed by atoms with E-state index in [-0.39, 0.29) is 12.1 Å². The van der Waals surface area contributed by atoms with E-state index < -0.39 is 5.60 Å². The molecular weight excluding hydrogens is 386 g/mol. The van der Waals surface area contributed by atoms with Crippen LogP contribution < -0.4 is 9.64 Å². The number of hydrogen-bond acceptors (Lipinski definition) is 8. The number of carbonyl (C=O) groups excluding carboxylic acids is 1. The minimum atomic E-state index is -0.431. The second kappa shape index (κ2) is 8.79. The van der Waals surface area contributed by atoms with Gasteiger partial charge in [0.15, 0.2) is 11.3 Å². The minimum absolute atomic E-state index is 0.0970. The normalized spacial score (nSPS) is 22.8. The molecule has 0 atom stereocenters. The maximum atomic E-state index is 12.1. The van der Waals surface area contributed by atoms with Gasteiger partial charge in [0.1, 0.15) is 11.1 Å². The van der Waals surface area contributed by atoms with Crippen LogP contribution in [-0.4, -0.2) is 54.3 Å². The zero-order chi connectivity index (χ0) is 21.1. The highest BCUT2D eigenvalue weighted by Crippen LogP contribution is 2.35. The highest BCUT2D eigenvalue weighted by Gasteiger charge is 2.27. The van der Waals surface area contributed by atoms with Crippen LogP contribution in [0.25, 0.3) is 11.0 Å². The summed E-state index contributed by atoms with van der Waals surface area (Å²) in [6.45, 7) is 8.82. The first-order valence-electron chi connectivity index (χ1n) is 10.8. The quantitative estimate of drug-likeness (QED) is 0.680. The molecule has 2 aromatic rings. The summed E-state index contributed by atoms with van der Waals surface area (Å²) < 4.78 is 22.2. The zero-order valence-corrected chi connectivity index (χ0v) is 18.1. The van der Waals surface area contributed by atoms with Crippen molar-refractivity contribution in [3.8, 4) is 5.75 Å². The summed E-state index contributed by atoms with van der Waals surface area (Å²) in [4.78, 5) is 14.4. The Bertz CT molecular complexity index is 861. The van der Waals surface area contributed by atoms with Gasteiger partial charge >= 0.3 is 5.97 Å². The van der Waals surface area contributed by atoms with E-state index in [2.05, 4.69) is 15.2 Å². The van der Waals surface area contributed by atoms with Crippen molar-refractivity contribution in [1.29, 1.82) is 0 Å². The number of nitrogens with zero attached hydrogens (tertiary/aromatic N) is 3. The highest BCUT2D eigenvalue weighted by molar-refractivity contribution is 5.84. The van der Waals surface area contributed by atoms with Gasteiger partial charge in [0.2, 0.25) is 0 Å². The standard InChI is InChI=1S/C22H31N3O5/c1-22(2,3)29-20(26)12-15-4-6-17(7-5-15)28-19-14-16(25-8-10-27-11-9-25)13-18-21(19)24-30-23-18/h13-15,17H,4-12H2,1-3H3. The fraction of sp³-hybridized carbons (Fsp3) is 0.682. The molecule has 164 valence electrons. The Balaban J connectivity index is 1.38. The molecule has 1 aliphatic heterocycles. The second-order valence-corrected chi connectivity index (χ2v) is 9.23. The van der Waals surface area contributed by atoms with Crippen LogP contribution >= 0.6 is 0 Å². The molecular formula is C22H31N3O5. The predicted octanol–water partition coefficient (Wildman–Crippen LogP) is 3.73. The molecule has 8 nitrogen and oxygen atoms in total. The Morgan fingerprint density at radius 2 is 1.87 bits per heavy atom. The molecule has 4 rings (SSSR count). The SMILES string of the molecule is CC(C)(C)OC(=O)CC1CCC(Oc2cc(N3CCOCC3)cc3nonc23)CC1. The smallest absolute Gasteiger partial charge is 0.306 e. The van der Waals surface area contributed by atoms with Crippen LogP contribution in [0.4, 0.5) is 5.69 Å². The summed E-state index contributed by atoms with van der Waals surface area (Å²) in [5, 5.41) is 8.07. The zero-order valence-electron chi connectivity index (χ0n) is 18.1. The molecule has 0 radical (unpaired) electrons. The number of carbonyl (C=O) groups is 1. The van der Waals surface area contributed by atoms with E-state index >= 15 is 0 Å². The van der Waals surface area contributed by atoms with Gasteiger partial charge in [-0.2, -0.15) is 0 Å². The first-order chi connectivity index (χ1) is 14.4. The number of morpholine rings is 1. The number of aromatic nitrogens is 2. The van der Waals surface area contributed by atoms with Crippen molar-refractivity contribution in [1.82, 2.24) is 10.3 Å². The first kappa shape index (κ1) is 20.9. The molecule has 8 heteroatoms. The van der Waals surface area contributed by atoms with Gasteiger partial charge in [-0.1, -0.05) is 0 Å². The van der Waals surface area contributed by atoms with Crippen LogP contribution in [0.15, 0.2) is 16.8 Å². The Hall–Kier alpha value is -2.35. The summed E-state index contributed by atoms with van der Waals surface area (Å²) in [6.07, 6.45) is 4.29. The van der Waals surface area contributed by atoms with Crippen molar-refractivity contribution in [2.75, 3.05) is 31.2 Å². The lowest BCUT2D eigenvalue weighted by Crippen LogP contribution is -2.36. The van der Waals surface area contributed by atoms with E-state index in [4.69, 9.17) is 18.8 Å². The van der Waals surface area contributed by atoms with Gasteiger partial charge in [-0.3, -0.25) is 4.79 Å². The number of benzene rings is 1. The molecule has 0 N–H and O–H groups in total. The van der Waals surface area contributed by atoms with Crippen molar-refractivity contribution in [2.45, 2.75) is 64.6 Å². The van der Waals surface area contributed by atoms with Gasteiger partial charge in [0.25, 0.3) is 0 Å². The largest absolute Gasteiger partial charge is 0.488 e. The van der Waals surface area contributed by atoms with Gasteiger partial charge in [-0.25, -0.2) is 4.63 Å². The maximum Gasteiger partial charge on any atom is 0.306 e. The Labute approximate surface area is 176 Å². The van der Waals surface area contributed by atoms with Gasteiger partial charge in [-0.05, 0) is 68.8 Å². The lowest BCUT2D eigenvalue weighted by Gasteiger charge is -2.31. The van der Waals surface area contributed by atoms with Crippen LogP contribution in [-0.2, 0) is 14.3 Å². The van der Waals surface area contributed by atoms with Gasteiger partial charge in [-0.15, -0.1) is 0 Å². The molecule has 2 aliphatic rings. The third-order valence-corrected chi connectivity index (χ3v) is 5.65. The fourth-order valence-electron chi connectivity index (χ4n) is 4.19. The third-order valence-electron chi connectivity index (χ3n) is 5.65. The summed E-state index contributed by atoms with van der Waals surface area (Å²) in [5.74, 6) is 0.958. The van der Waals surface area contributed by atoms with E-state index in [9.17, 15) is 4.79 Å². The molecule has 1 saturated heterocycles. The van der Waals surface area contributed by atoms with Crippen molar-refractivity contribution in [2.24, 2.45) is 5.92 Å². The molecule has 0 spiro atoms. The Morgan fingerprint density at radius 3 is 2.57 bits per heavy atom. The third kappa shape index (κ3) is 5.22. The molecule has 0 amide bonds. The molecule has 0 bridgehead atoms. The van der Waals surface area contributed by atoms with E-state index in [1.807, 2.05) is 32.9 Å². The topological polar surface area (TPSA) is 86.9 Å². The number of rotatable bonds is 5. The van der Waals surface area contributed by atoms with Crippen LogP contribution in [0.3, 0.4) is 0 Å². The minimum Gasteiger partial charge on any atom is -0.488 e. The van der Waals surface area contributed by atoms with Crippen molar-refractivity contribution >= 4 is 22.7 Å². The summed E-state index contributed by atoms with van der Waals surface area (Å²) >= 11 is 0. The molecule has 2 heterocycles. The number of anilines is 1. The van der Waals surface area contributed by atoms with Gasteiger partial charge in [0, 0.05) is 31.3 Å². The van der Waals surface area contributed by atoms with Crippen LogP contribution in [0.2, 0.25) is 0 Å². The summed E-state index contributed by atoms with van der Waals surface area (Å²) in [5.41, 5.74) is 1.98. The Morgan fingerprint density at radius 1 is 1.13 bits per heavy atom. The van der Waals surface area contributed by atoms with Crippen molar-refractivity contribution in [3.63, 3.8) is 0 Å². The average molecular weight is 418 g/mol. The number of esters is 1. The fourth-order valence-corrected chi connectivity index (χ4v) is 4.19. The second-order valence-electron chi connectivity index (χ2n) is 9.23. The lowest BCUT2D eigenvalue weighted by atomic mass is 9.85. The van der Waals surface area contributed by atoms with E-state index in [1.54, 1.807) is 0 Å². The molecule has 2 fully saturated rings. The lowest BCUT2D eigenvalue weighted by molar-refractivity contribution is -0.156. The molecule has 1 aromatic heterocycles. The first-order valence-corrected chi connectivity index (χ1v) is 10.8. The van der Waals surface area contributed by atoms with E-state index in [0.29, 0.717) is 42.3 Å². The number of ether oxygens (including phenoxy) is 3. The van der Waals surface area contributed by atoms with E-state index in [1.165, 1.54) is 0 Å². The molecule has 1 aliphatic carbocycles. The Kier molecular flexibility index (Phi) is 6.13. The van der Waals surface area contributed by atoms with Crippen LogP contribution in [0.1, 0.15) is 52.9 Å². The summed E-state index contributed by atoms with van der Waals surface area (Å²) in [6, 6.07) is 4.02. The van der Waals surface area contributed by atoms with Gasteiger partial charge < -0.3 is 19.1 Å². The molecule has 1 aromatic carbocycles. The van der Waals surface area contributed by atoms with Gasteiger partial charge in [0.05, 0.1) is 19.3 Å². The molecule has 0 unspecified atom stereocenters. The molecule has 1 saturated carbocycles. The molecule has 30 heavy (non-hydrogen) atoms. The maximum absolute atomic E-state index is 12.1. The van der Waals surface area contributed by atoms with Crippen LogP contribution in [0, 0.1) is 5.92 Å². The number of hydrogen-bond donors (Lipinski definition) is 0. The van der Waals surface area contributed by atoms with Crippen LogP contribution in [0.5, 0.6) is 5.75 Å². The summed E-state index contributed by atoms with van der Waals surface area (Å²) in [7, 11) is 0. The monoisotopic (exact) mass is 417 g/mol. The predicted molar refractivity (Wildman–Crippen MR) is 112 cm³/mol. The van der Waals surface area contributed by atoms with E-state index in [0.717, 1.165) is 44.5 Å².